The maximum Gasteiger partial charge on any atom is 0.406 e. The van der Waals surface area contributed by atoms with Crippen LogP contribution in [-0.2, 0) is 4.79 Å². The van der Waals surface area contributed by atoms with E-state index in [9.17, 15) is 18.0 Å². The van der Waals surface area contributed by atoms with Gasteiger partial charge in [0.1, 0.15) is 6.54 Å². The Labute approximate surface area is 106 Å². The van der Waals surface area contributed by atoms with Gasteiger partial charge in [-0.05, 0) is 25.7 Å². The molecule has 1 aliphatic rings. The zero-order valence-corrected chi connectivity index (χ0v) is 10.8. The predicted octanol–water partition coefficient (Wildman–Crippen LogP) is 2.16. The molecule has 0 aromatic rings. The molecule has 0 saturated heterocycles. The molecule has 3 nitrogen and oxygen atoms in total. The van der Waals surface area contributed by atoms with Crippen molar-refractivity contribution >= 4 is 5.91 Å². The molecule has 0 radical (unpaired) electrons. The Morgan fingerprint density at radius 1 is 1.39 bits per heavy atom. The highest BCUT2D eigenvalue weighted by atomic mass is 19.4. The fraction of sp³-hybridized carbons (Fsp3) is 0.917. The fourth-order valence-electron chi connectivity index (χ4n) is 2.66. The minimum atomic E-state index is -4.35. The van der Waals surface area contributed by atoms with Gasteiger partial charge in [-0.2, -0.15) is 13.2 Å². The molecule has 0 aromatic carbocycles. The molecule has 1 saturated carbocycles. The number of hydrogen-bond acceptors (Lipinski definition) is 2. The Hall–Kier alpha value is -0.780. The highest BCUT2D eigenvalue weighted by molar-refractivity contribution is 5.80. The zero-order valence-electron chi connectivity index (χ0n) is 10.8. The first-order chi connectivity index (χ1) is 8.26. The van der Waals surface area contributed by atoms with Gasteiger partial charge in [0.25, 0.3) is 0 Å². The van der Waals surface area contributed by atoms with Crippen LogP contribution in [0.25, 0.3) is 0 Å². The van der Waals surface area contributed by atoms with Gasteiger partial charge >= 0.3 is 6.18 Å². The summed E-state index contributed by atoms with van der Waals surface area (Å²) in [6.07, 6.45) is -1.84. The summed E-state index contributed by atoms with van der Waals surface area (Å²) >= 11 is 0. The molecule has 18 heavy (non-hydrogen) atoms. The Balaban J connectivity index is 2.76. The largest absolute Gasteiger partial charge is 0.406 e. The summed E-state index contributed by atoms with van der Waals surface area (Å²) in [5.74, 6) is -0.862. The van der Waals surface area contributed by atoms with Crippen molar-refractivity contribution in [2.24, 2.45) is 17.6 Å². The summed E-state index contributed by atoms with van der Waals surface area (Å²) in [6.45, 7) is 2.33. The molecule has 0 spiro atoms. The Morgan fingerprint density at radius 3 is 2.44 bits per heavy atom. The molecule has 0 aliphatic heterocycles. The molecule has 1 rings (SSSR count). The second kappa shape index (κ2) is 5.91. The van der Waals surface area contributed by atoms with Crippen LogP contribution in [0.4, 0.5) is 13.2 Å². The molecule has 3 atom stereocenters. The van der Waals surface area contributed by atoms with Gasteiger partial charge in [0.2, 0.25) is 5.91 Å². The molecule has 6 heteroatoms. The highest BCUT2D eigenvalue weighted by Crippen LogP contribution is 2.31. The molecule has 0 aromatic heterocycles. The number of hydrogen-bond donors (Lipinski definition) is 1. The van der Waals surface area contributed by atoms with Crippen LogP contribution in [0.15, 0.2) is 0 Å². The van der Waals surface area contributed by atoms with Crippen LogP contribution in [0, 0.1) is 11.8 Å². The first-order valence-electron chi connectivity index (χ1n) is 6.37. The third-order valence-electron chi connectivity index (χ3n) is 3.62. The van der Waals surface area contributed by atoms with Gasteiger partial charge < -0.3 is 10.6 Å². The third kappa shape index (κ3) is 3.86. The van der Waals surface area contributed by atoms with Crippen LogP contribution in [-0.4, -0.2) is 36.1 Å². The lowest BCUT2D eigenvalue weighted by Crippen LogP contribution is -2.50. The second-order valence-electron chi connectivity index (χ2n) is 5.07. The van der Waals surface area contributed by atoms with E-state index in [2.05, 4.69) is 0 Å². The van der Waals surface area contributed by atoms with Gasteiger partial charge in [0, 0.05) is 12.6 Å². The summed E-state index contributed by atoms with van der Waals surface area (Å²) in [7, 11) is 0. The van der Waals surface area contributed by atoms with E-state index >= 15 is 0 Å². The average Bonchev–Trinajstić information content (AvgIpc) is 2.24. The molecule has 2 N–H and O–H groups in total. The first-order valence-corrected chi connectivity index (χ1v) is 6.37. The maximum absolute atomic E-state index is 12.4. The SMILES string of the molecule is CCN(CC(F)(F)F)C(=O)C1C(C)CCCC1N. The number of amides is 1. The van der Waals surface area contributed by atoms with Crippen LogP contribution >= 0.6 is 0 Å². The molecule has 1 fully saturated rings. The van der Waals surface area contributed by atoms with Crippen molar-refractivity contribution in [3.05, 3.63) is 0 Å². The number of alkyl halides is 3. The molecule has 0 bridgehead atoms. The third-order valence-corrected chi connectivity index (χ3v) is 3.62. The summed E-state index contributed by atoms with van der Waals surface area (Å²) < 4.78 is 37.2. The van der Waals surface area contributed by atoms with Crippen molar-refractivity contribution in [2.45, 2.75) is 45.3 Å². The van der Waals surface area contributed by atoms with Crippen molar-refractivity contribution in [1.82, 2.24) is 4.90 Å². The number of rotatable bonds is 3. The monoisotopic (exact) mass is 266 g/mol. The lowest BCUT2D eigenvalue weighted by Gasteiger charge is -2.36. The lowest BCUT2D eigenvalue weighted by atomic mass is 9.76. The number of nitrogens with two attached hydrogens (primary N) is 1. The van der Waals surface area contributed by atoms with E-state index in [0.717, 1.165) is 17.7 Å². The van der Waals surface area contributed by atoms with E-state index in [1.54, 1.807) is 6.92 Å². The number of carbonyl (C=O) groups excluding carboxylic acids is 1. The molecule has 1 amide bonds. The van der Waals surface area contributed by atoms with Gasteiger partial charge in [-0.3, -0.25) is 4.79 Å². The van der Waals surface area contributed by atoms with Gasteiger partial charge in [0.15, 0.2) is 0 Å². The average molecular weight is 266 g/mol. The topological polar surface area (TPSA) is 46.3 Å². The van der Waals surface area contributed by atoms with Crippen LogP contribution in [0.5, 0.6) is 0 Å². The molecule has 0 heterocycles. The van der Waals surface area contributed by atoms with E-state index < -0.39 is 24.5 Å². The summed E-state index contributed by atoms with van der Waals surface area (Å²) in [5.41, 5.74) is 5.90. The van der Waals surface area contributed by atoms with E-state index in [1.165, 1.54) is 0 Å². The van der Waals surface area contributed by atoms with Gasteiger partial charge in [-0.15, -0.1) is 0 Å². The smallest absolute Gasteiger partial charge is 0.334 e. The second-order valence-corrected chi connectivity index (χ2v) is 5.07. The molecule has 106 valence electrons. The Bertz CT molecular complexity index is 284. The summed E-state index contributed by atoms with van der Waals surface area (Å²) in [4.78, 5) is 13.0. The van der Waals surface area contributed by atoms with Gasteiger partial charge in [0.05, 0.1) is 5.92 Å². The van der Waals surface area contributed by atoms with E-state index in [-0.39, 0.29) is 18.5 Å². The standard InChI is InChI=1S/C12H21F3N2O/c1-3-17(7-12(13,14)15)11(18)10-8(2)5-4-6-9(10)16/h8-10H,3-7,16H2,1-2H3. The Kier molecular flexibility index (Phi) is 5.01. The number of halogens is 3. The maximum atomic E-state index is 12.4. The van der Waals surface area contributed by atoms with Crippen molar-refractivity contribution in [2.75, 3.05) is 13.1 Å². The number of nitrogens with zero attached hydrogens (tertiary/aromatic N) is 1. The minimum absolute atomic E-state index is 0.0588. The van der Waals surface area contributed by atoms with Gasteiger partial charge in [-0.25, -0.2) is 0 Å². The molecular formula is C12H21F3N2O. The number of carbonyl (C=O) groups is 1. The minimum Gasteiger partial charge on any atom is -0.334 e. The van der Waals surface area contributed by atoms with Crippen LogP contribution in [0.3, 0.4) is 0 Å². The fourth-order valence-corrected chi connectivity index (χ4v) is 2.66. The van der Waals surface area contributed by atoms with Crippen molar-refractivity contribution in [3.8, 4) is 0 Å². The molecule has 3 unspecified atom stereocenters. The summed E-state index contributed by atoms with van der Waals surface area (Å²) in [6, 6.07) is -0.316. The Morgan fingerprint density at radius 2 is 2.00 bits per heavy atom. The van der Waals surface area contributed by atoms with Crippen LogP contribution in [0.2, 0.25) is 0 Å². The molecule has 1 aliphatic carbocycles. The van der Waals surface area contributed by atoms with E-state index in [4.69, 9.17) is 5.73 Å². The normalized spacial score (nSPS) is 29.1. The quantitative estimate of drug-likeness (QED) is 0.851. The zero-order chi connectivity index (χ0) is 13.9. The van der Waals surface area contributed by atoms with Crippen LogP contribution in [0.1, 0.15) is 33.1 Å². The highest BCUT2D eigenvalue weighted by Gasteiger charge is 2.39. The summed E-state index contributed by atoms with van der Waals surface area (Å²) in [5, 5.41) is 0. The lowest BCUT2D eigenvalue weighted by molar-refractivity contribution is -0.165. The molecular weight excluding hydrogens is 245 g/mol. The first kappa shape index (κ1) is 15.3. The van der Waals surface area contributed by atoms with Crippen molar-refractivity contribution in [3.63, 3.8) is 0 Å². The van der Waals surface area contributed by atoms with Crippen molar-refractivity contribution in [1.29, 1.82) is 0 Å². The van der Waals surface area contributed by atoms with Crippen LogP contribution < -0.4 is 5.73 Å². The van der Waals surface area contributed by atoms with E-state index in [1.807, 2.05) is 6.92 Å². The van der Waals surface area contributed by atoms with E-state index in [0.29, 0.717) is 6.42 Å². The predicted molar refractivity (Wildman–Crippen MR) is 62.8 cm³/mol. The van der Waals surface area contributed by atoms with Crippen molar-refractivity contribution < 1.29 is 18.0 Å². The van der Waals surface area contributed by atoms with Gasteiger partial charge in [-0.1, -0.05) is 13.3 Å².